The summed E-state index contributed by atoms with van der Waals surface area (Å²) in [6.45, 7) is 5.74. The lowest BCUT2D eigenvalue weighted by Gasteiger charge is -2.12. The van der Waals surface area contributed by atoms with Crippen molar-refractivity contribution < 1.29 is 26.8 Å². The van der Waals surface area contributed by atoms with Gasteiger partial charge in [-0.1, -0.05) is 44.0 Å². The second kappa shape index (κ2) is 10.3. The van der Waals surface area contributed by atoms with E-state index in [0.717, 1.165) is 35.3 Å². The average molecular weight is 404 g/mol. The molecule has 2 aromatic carbocycles. The van der Waals surface area contributed by atoms with Gasteiger partial charge in [-0.3, -0.25) is 5.73 Å². The van der Waals surface area contributed by atoms with Gasteiger partial charge in [-0.2, -0.15) is 0 Å². The number of aryl methyl sites for hydroxylation is 2. The maximum absolute atomic E-state index is 10.5. The van der Waals surface area contributed by atoms with Gasteiger partial charge in [-0.05, 0) is 43.2 Å². The first kappa shape index (κ1) is 22.1. The number of halogens is 1. The van der Waals surface area contributed by atoms with Crippen LogP contribution >= 0.6 is 0 Å². The molecule has 28 heavy (non-hydrogen) atoms. The molecule has 3 aromatic rings. The van der Waals surface area contributed by atoms with E-state index < -0.39 is 6.10 Å². The molecular weight excluding hydrogens is 374 g/mol. The molecule has 0 aliphatic heterocycles. The minimum absolute atomic E-state index is 0. The van der Waals surface area contributed by atoms with Gasteiger partial charge >= 0.3 is 5.95 Å². The number of para-hydroxylation sites is 2. The van der Waals surface area contributed by atoms with Gasteiger partial charge < -0.3 is 22.3 Å². The molecule has 1 unspecified atom stereocenters. The number of nitrogen functional groups attached to an aromatic ring is 1. The van der Waals surface area contributed by atoms with Gasteiger partial charge in [-0.15, -0.1) is 0 Å². The molecule has 152 valence electrons. The van der Waals surface area contributed by atoms with Crippen molar-refractivity contribution in [1.29, 1.82) is 0 Å². The molecule has 5 nitrogen and oxygen atoms in total. The SMILES string of the molecule is CCCCCn1c(N)[n+](CC(O)COc2cccc(C)c2)c2ccccc21.[Cl-]. The summed E-state index contributed by atoms with van der Waals surface area (Å²) >= 11 is 0. The van der Waals surface area contributed by atoms with E-state index in [0.29, 0.717) is 12.5 Å². The summed E-state index contributed by atoms with van der Waals surface area (Å²) in [7, 11) is 0. The Kier molecular flexibility index (Phi) is 8.15. The second-order valence-corrected chi connectivity index (χ2v) is 7.10. The highest BCUT2D eigenvalue weighted by Gasteiger charge is 2.22. The highest BCUT2D eigenvalue weighted by atomic mass is 35.5. The van der Waals surface area contributed by atoms with E-state index in [9.17, 15) is 5.11 Å². The van der Waals surface area contributed by atoms with Crippen LogP contribution in [0, 0.1) is 6.92 Å². The number of imidazole rings is 1. The smallest absolute Gasteiger partial charge is 0.356 e. The number of ether oxygens (including phenoxy) is 1. The predicted molar refractivity (Wildman–Crippen MR) is 109 cm³/mol. The molecule has 0 aliphatic rings. The van der Waals surface area contributed by atoms with E-state index in [4.69, 9.17) is 10.5 Å². The first-order chi connectivity index (χ1) is 13.1. The number of aliphatic hydroxyl groups excluding tert-OH is 1. The normalized spacial score (nSPS) is 12.0. The molecule has 1 heterocycles. The molecule has 0 amide bonds. The maximum Gasteiger partial charge on any atom is 0.356 e. The Morgan fingerprint density at radius 3 is 2.68 bits per heavy atom. The van der Waals surface area contributed by atoms with Crippen molar-refractivity contribution in [2.75, 3.05) is 12.3 Å². The molecule has 0 saturated heterocycles. The Balaban J connectivity index is 0.00000280. The minimum Gasteiger partial charge on any atom is -1.00 e. The van der Waals surface area contributed by atoms with Gasteiger partial charge in [-0.25, -0.2) is 9.13 Å². The fourth-order valence-electron chi connectivity index (χ4n) is 3.42. The third kappa shape index (κ3) is 5.18. The van der Waals surface area contributed by atoms with Gasteiger partial charge in [0, 0.05) is 0 Å². The van der Waals surface area contributed by atoms with Crippen LogP contribution in [0.2, 0.25) is 0 Å². The van der Waals surface area contributed by atoms with E-state index in [1.165, 1.54) is 12.8 Å². The lowest BCUT2D eigenvalue weighted by Crippen LogP contribution is -3.00. The van der Waals surface area contributed by atoms with E-state index in [1.807, 2.05) is 47.9 Å². The minimum atomic E-state index is -0.646. The maximum atomic E-state index is 10.5. The number of rotatable bonds is 9. The van der Waals surface area contributed by atoms with Crippen LogP contribution in [0.1, 0.15) is 31.7 Å². The summed E-state index contributed by atoms with van der Waals surface area (Å²) in [5.41, 5.74) is 9.73. The predicted octanol–water partition coefficient (Wildman–Crippen LogP) is 0.454. The van der Waals surface area contributed by atoms with E-state index in [1.54, 1.807) is 0 Å². The Labute approximate surface area is 173 Å². The fraction of sp³-hybridized carbons (Fsp3) is 0.409. The zero-order chi connectivity index (χ0) is 19.2. The van der Waals surface area contributed by atoms with Crippen LogP contribution in [0.3, 0.4) is 0 Å². The largest absolute Gasteiger partial charge is 1.00 e. The van der Waals surface area contributed by atoms with Crippen LogP contribution in [0.5, 0.6) is 5.75 Å². The van der Waals surface area contributed by atoms with Crippen LogP contribution in [-0.2, 0) is 13.1 Å². The van der Waals surface area contributed by atoms with Crippen molar-refractivity contribution in [2.24, 2.45) is 0 Å². The van der Waals surface area contributed by atoms with Gasteiger partial charge in [0.15, 0.2) is 0 Å². The van der Waals surface area contributed by atoms with Crippen LogP contribution in [0.25, 0.3) is 11.0 Å². The van der Waals surface area contributed by atoms with Gasteiger partial charge in [0.2, 0.25) is 0 Å². The van der Waals surface area contributed by atoms with Crippen molar-refractivity contribution in [1.82, 2.24) is 4.57 Å². The summed E-state index contributed by atoms with van der Waals surface area (Å²) < 4.78 is 9.89. The van der Waals surface area contributed by atoms with Crippen molar-refractivity contribution in [3.05, 3.63) is 54.1 Å². The van der Waals surface area contributed by atoms with Crippen LogP contribution < -0.4 is 27.4 Å². The van der Waals surface area contributed by atoms with Crippen LogP contribution in [0.15, 0.2) is 48.5 Å². The summed E-state index contributed by atoms with van der Waals surface area (Å²) in [6.07, 6.45) is 2.80. The Morgan fingerprint density at radius 2 is 1.93 bits per heavy atom. The highest BCUT2D eigenvalue weighted by Crippen LogP contribution is 2.18. The average Bonchev–Trinajstić information content (AvgIpc) is 2.92. The molecule has 1 aromatic heterocycles. The lowest BCUT2D eigenvalue weighted by molar-refractivity contribution is -0.665. The molecule has 0 spiro atoms. The molecule has 0 fully saturated rings. The van der Waals surface area contributed by atoms with Crippen molar-refractivity contribution in [2.45, 2.75) is 52.3 Å². The number of hydrogen-bond acceptors (Lipinski definition) is 3. The zero-order valence-corrected chi connectivity index (χ0v) is 17.4. The third-order valence-corrected chi connectivity index (χ3v) is 4.83. The highest BCUT2D eigenvalue weighted by molar-refractivity contribution is 5.73. The second-order valence-electron chi connectivity index (χ2n) is 7.10. The number of benzene rings is 2. The quantitative estimate of drug-likeness (QED) is 0.403. The van der Waals surface area contributed by atoms with Crippen molar-refractivity contribution in [3.63, 3.8) is 0 Å². The topological polar surface area (TPSA) is 64.3 Å². The Bertz CT molecular complexity index is 895. The van der Waals surface area contributed by atoms with E-state index >= 15 is 0 Å². The van der Waals surface area contributed by atoms with Crippen molar-refractivity contribution >= 4 is 17.0 Å². The molecule has 0 aliphatic carbocycles. The molecule has 6 heteroatoms. The van der Waals surface area contributed by atoms with Gasteiger partial charge in [0.25, 0.3) is 0 Å². The van der Waals surface area contributed by atoms with Crippen LogP contribution in [-0.4, -0.2) is 22.4 Å². The van der Waals surface area contributed by atoms with Gasteiger partial charge in [0.1, 0.15) is 36.0 Å². The molecule has 1 atom stereocenters. The first-order valence-corrected chi connectivity index (χ1v) is 9.74. The van der Waals surface area contributed by atoms with Crippen LogP contribution in [0.4, 0.5) is 5.95 Å². The molecule has 3 N–H and O–H groups in total. The molecule has 0 radical (unpaired) electrons. The molecule has 0 saturated carbocycles. The number of nitrogens with two attached hydrogens (primary N) is 1. The summed E-state index contributed by atoms with van der Waals surface area (Å²) in [5, 5.41) is 10.5. The standard InChI is InChI=1S/C22H29N3O2.ClH/c1-3-4-7-13-24-20-11-5-6-12-21(20)25(22(24)23)15-18(26)16-27-19-10-8-9-17(2)14-19;/h5-6,8-12,14,18,23,26H,3-4,7,13,15-16H2,1-2H3;1H. The van der Waals surface area contributed by atoms with E-state index in [-0.39, 0.29) is 19.0 Å². The fourth-order valence-corrected chi connectivity index (χ4v) is 3.42. The third-order valence-electron chi connectivity index (χ3n) is 4.83. The monoisotopic (exact) mass is 403 g/mol. The molecular formula is C22H30ClN3O2. The lowest BCUT2D eigenvalue weighted by atomic mass is 10.2. The molecule has 0 bridgehead atoms. The van der Waals surface area contributed by atoms with E-state index in [2.05, 4.69) is 23.6 Å². The van der Waals surface area contributed by atoms with Gasteiger partial charge in [0.05, 0.1) is 6.54 Å². The van der Waals surface area contributed by atoms with Crippen molar-refractivity contribution in [3.8, 4) is 5.75 Å². The summed E-state index contributed by atoms with van der Waals surface area (Å²) in [4.78, 5) is 0. The number of aromatic nitrogens is 2. The summed E-state index contributed by atoms with van der Waals surface area (Å²) in [6, 6.07) is 16.0. The number of hydrogen-bond donors (Lipinski definition) is 2. The summed E-state index contributed by atoms with van der Waals surface area (Å²) in [5.74, 6) is 1.45. The number of unbranched alkanes of at least 4 members (excludes halogenated alkanes) is 2. The number of nitrogens with zero attached hydrogens (tertiary/aromatic N) is 2. The Hall–Kier alpha value is -2.24. The number of aliphatic hydroxyl groups is 1. The number of fused-ring (bicyclic) bond motifs is 1. The number of anilines is 1. The first-order valence-electron chi connectivity index (χ1n) is 9.74. The molecule has 3 rings (SSSR count). The Morgan fingerprint density at radius 1 is 1.14 bits per heavy atom. The zero-order valence-electron chi connectivity index (χ0n) is 16.6.